The van der Waals surface area contributed by atoms with Crippen molar-refractivity contribution in [2.24, 2.45) is 0 Å². The predicted octanol–water partition coefficient (Wildman–Crippen LogP) is 1.59. The number of carbonyl (C=O) groups excluding carboxylic acids is 2. The van der Waals surface area contributed by atoms with E-state index in [0.717, 1.165) is 32.4 Å². The van der Waals surface area contributed by atoms with Crippen LogP contribution in [0.3, 0.4) is 0 Å². The van der Waals surface area contributed by atoms with Gasteiger partial charge in [0.15, 0.2) is 0 Å². The second-order valence-electron chi connectivity index (χ2n) is 6.98. The van der Waals surface area contributed by atoms with Gasteiger partial charge in [-0.25, -0.2) is 9.59 Å². The van der Waals surface area contributed by atoms with Gasteiger partial charge in [0, 0.05) is 42.5 Å². The predicted molar refractivity (Wildman–Crippen MR) is 99.8 cm³/mol. The molecule has 1 atom stereocenters. The highest BCUT2D eigenvalue weighted by Gasteiger charge is 2.48. The van der Waals surface area contributed by atoms with Gasteiger partial charge in [-0.05, 0) is 31.4 Å². The van der Waals surface area contributed by atoms with Crippen molar-refractivity contribution < 1.29 is 26.8 Å². The number of nitrogens with zero attached hydrogens (tertiary/aromatic N) is 4. The molecule has 1 fully saturated rings. The van der Waals surface area contributed by atoms with Crippen molar-refractivity contribution >= 4 is 33.8 Å². The Bertz CT molecular complexity index is 926. The van der Waals surface area contributed by atoms with Crippen LogP contribution < -0.4 is 0 Å². The molecule has 4 heterocycles. The van der Waals surface area contributed by atoms with Gasteiger partial charge in [-0.15, -0.1) is 15.6 Å². The summed E-state index contributed by atoms with van der Waals surface area (Å²) in [5.74, 6) is 0. The van der Waals surface area contributed by atoms with Crippen LogP contribution in [-0.4, -0.2) is 71.0 Å². The molecule has 1 aromatic heterocycles. The smallest absolute Gasteiger partial charge is 0.325 e. The number of hydrogen-bond donors (Lipinski definition) is 1. The zero-order chi connectivity index (χ0) is 20.2. The Morgan fingerprint density at radius 3 is 2.64 bits per heavy atom. The number of hydroxylamine groups is 2. The van der Waals surface area contributed by atoms with Gasteiger partial charge in [0.05, 0.1) is 6.54 Å². The van der Waals surface area contributed by atoms with E-state index in [1.54, 1.807) is 4.90 Å². The Balaban J connectivity index is 1.63. The summed E-state index contributed by atoms with van der Waals surface area (Å²) in [6.45, 7) is 6.94. The number of rotatable bonds is 4. The summed E-state index contributed by atoms with van der Waals surface area (Å²) in [5, 5.41) is 0.738. The van der Waals surface area contributed by atoms with E-state index >= 15 is 0 Å². The molecule has 3 aliphatic rings. The lowest BCUT2D eigenvalue weighted by Crippen LogP contribution is -2.45. The summed E-state index contributed by atoms with van der Waals surface area (Å²) < 4.78 is 35.8. The molecule has 0 aliphatic carbocycles. The van der Waals surface area contributed by atoms with E-state index in [1.807, 2.05) is 18.7 Å². The van der Waals surface area contributed by atoms with Crippen molar-refractivity contribution in [3.05, 3.63) is 20.9 Å². The Morgan fingerprint density at radius 1 is 1.29 bits per heavy atom. The lowest BCUT2D eigenvalue weighted by molar-refractivity contribution is -0.0307. The minimum absolute atomic E-state index is 0.00194. The molecule has 0 saturated carbocycles. The fourth-order valence-electron chi connectivity index (χ4n) is 4.10. The number of hydrogen-bond acceptors (Lipinski definition) is 6. The molecule has 0 radical (unpaired) electrons. The van der Waals surface area contributed by atoms with E-state index in [2.05, 4.69) is 4.28 Å². The molecule has 4 amide bonds. The van der Waals surface area contributed by atoms with E-state index < -0.39 is 22.5 Å². The Morgan fingerprint density at radius 2 is 2.00 bits per heavy atom. The van der Waals surface area contributed by atoms with Crippen LogP contribution in [-0.2, 0) is 34.2 Å². The van der Waals surface area contributed by atoms with Crippen molar-refractivity contribution in [2.45, 2.75) is 39.4 Å². The quantitative estimate of drug-likeness (QED) is 0.727. The van der Waals surface area contributed by atoms with Crippen LogP contribution in [0.1, 0.15) is 40.8 Å². The van der Waals surface area contributed by atoms with Crippen LogP contribution in [0.4, 0.5) is 9.59 Å². The Labute approximate surface area is 167 Å². The van der Waals surface area contributed by atoms with Gasteiger partial charge in [0.2, 0.25) is 0 Å². The summed E-state index contributed by atoms with van der Waals surface area (Å²) in [6.07, 6.45) is 0.722. The van der Waals surface area contributed by atoms with E-state index in [4.69, 9.17) is 4.55 Å². The SMILES string of the molecule is CCN(CC)C(=O)N1CCc2sc3c(c2C1)CN1CC3N(OS(=O)(=O)O)C1=O. The van der Waals surface area contributed by atoms with Crippen molar-refractivity contribution in [3.63, 3.8) is 0 Å². The molecule has 4 rings (SSSR count). The summed E-state index contributed by atoms with van der Waals surface area (Å²) in [4.78, 5) is 32.3. The summed E-state index contributed by atoms with van der Waals surface area (Å²) in [7, 11) is -4.79. The van der Waals surface area contributed by atoms with Crippen LogP contribution >= 0.6 is 11.3 Å². The molecule has 28 heavy (non-hydrogen) atoms. The third-order valence-corrected chi connectivity index (χ3v) is 7.24. The maximum absolute atomic E-state index is 12.7. The summed E-state index contributed by atoms with van der Waals surface area (Å²) >= 11 is 1.53. The first-order valence-electron chi connectivity index (χ1n) is 9.15. The molecule has 12 heteroatoms. The highest BCUT2D eigenvalue weighted by atomic mass is 32.3. The van der Waals surface area contributed by atoms with Gasteiger partial charge < -0.3 is 14.7 Å². The van der Waals surface area contributed by atoms with Crippen molar-refractivity contribution in [1.29, 1.82) is 0 Å². The van der Waals surface area contributed by atoms with Crippen LogP contribution in [0.5, 0.6) is 0 Å². The number of fused-ring (bicyclic) bond motifs is 6. The fraction of sp³-hybridized carbons (Fsp3) is 0.625. The first-order valence-corrected chi connectivity index (χ1v) is 11.3. The number of thiophene rings is 1. The first kappa shape index (κ1) is 19.4. The molecule has 1 aromatic rings. The maximum Gasteiger partial charge on any atom is 0.418 e. The third-order valence-electron chi connectivity index (χ3n) is 5.46. The summed E-state index contributed by atoms with van der Waals surface area (Å²) in [5.41, 5.74) is 2.01. The normalized spacial score (nSPS) is 21.0. The second kappa shape index (κ2) is 6.87. The van der Waals surface area contributed by atoms with E-state index in [9.17, 15) is 18.0 Å². The molecule has 10 nitrogen and oxygen atoms in total. The molecular formula is C16H22N4O6S2. The van der Waals surface area contributed by atoms with Crippen LogP contribution in [0, 0.1) is 0 Å². The molecule has 0 spiro atoms. The average Bonchev–Trinajstić information content (AvgIpc) is 3.13. The highest BCUT2D eigenvalue weighted by molar-refractivity contribution is 7.80. The zero-order valence-electron chi connectivity index (χ0n) is 15.6. The van der Waals surface area contributed by atoms with Gasteiger partial charge in [-0.3, -0.25) is 4.55 Å². The Hall–Kier alpha value is -1.89. The molecular weight excluding hydrogens is 408 g/mol. The van der Waals surface area contributed by atoms with Gasteiger partial charge in [-0.2, -0.15) is 13.5 Å². The van der Waals surface area contributed by atoms with Crippen molar-refractivity contribution in [1.82, 2.24) is 19.8 Å². The molecule has 1 saturated heterocycles. The fourth-order valence-corrected chi connectivity index (χ4v) is 5.85. The lowest BCUT2D eigenvalue weighted by Gasteiger charge is -2.33. The molecule has 1 N–H and O–H groups in total. The number of carbonyl (C=O) groups is 2. The van der Waals surface area contributed by atoms with E-state index in [0.29, 0.717) is 39.3 Å². The van der Waals surface area contributed by atoms with Gasteiger partial charge in [-0.1, -0.05) is 0 Å². The maximum atomic E-state index is 12.7. The number of amides is 4. The summed E-state index contributed by atoms with van der Waals surface area (Å²) in [6, 6.07) is -1.17. The van der Waals surface area contributed by atoms with E-state index in [-0.39, 0.29) is 6.03 Å². The average molecular weight is 431 g/mol. The van der Waals surface area contributed by atoms with E-state index in [1.165, 1.54) is 16.2 Å². The minimum Gasteiger partial charge on any atom is -0.325 e. The molecule has 1 unspecified atom stereocenters. The van der Waals surface area contributed by atoms with Gasteiger partial charge in [0.25, 0.3) is 0 Å². The zero-order valence-corrected chi connectivity index (χ0v) is 17.3. The minimum atomic E-state index is -4.79. The lowest BCUT2D eigenvalue weighted by atomic mass is 9.98. The highest BCUT2D eigenvalue weighted by Crippen LogP contribution is 2.46. The topological polar surface area (TPSA) is 111 Å². The molecule has 2 bridgehead atoms. The standard InChI is InChI=1S/C16H22N4O6S2/c1-3-17(4-2)15(21)18-6-5-13-10(7-18)11-8-19-9-12(14(11)27-13)20(16(19)22)26-28(23,24)25/h12H,3-9H2,1-2H3,(H,23,24,25). The molecule has 0 aromatic carbocycles. The van der Waals surface area contributed by atoms with Crippen molar-refractivity contribution in [3.8, 4) is 0 Å². The Kier molecular flexibility index (Phi) is 4.76. The second-order valence-corrected chi connectivity index (χ2v) is 9.12. The molecule has 154 valence electrons. The largest absolute Gasteiger partial charge is 0.418 e. The third kappa shape index (κ3) is 3.13. The van der Waals surface area contributed by atoms with Gasteiger partial charge in [0.1, 0.15) is 6.04 Å². The first-order chi connectivity index (χ1) is 13.2. The van der Waals surface area contributed by atoms with Crippen LogP contribution in [0.25, 0.3) is 0 Å². The molecule has 3 aliphatic heterocycles. The monoisotopic (exact) mass is 430 g/mol. The van der Waals surface area contributed by atoms with Crippen molar-refractivity contribution in [2.75, 3.05) is 26.2 Å². The van der Waals surface area contributed by atoms with Crippen LogP contribution in [0.15, 0.2) is 0 Å². The van der Waals surface area contributed by atoms with Gasteiger partial charge >= 0.3 is 22.5 Å². The number of urea groups is 2. The van der Waals surface area contributed by atoms with Crippen LogP contribution in [0.2, 0.25) is 0 Å².